The second-order valence-corrected chi connectivity index (χ2v) is 5.15. The summed E-state index contributed by atoms with van der Waals surface area (Å²) in [4.78, 5) is 12.7. The third kappa shape index (κ3) is 3.21. The van der Waals surface area contributed by atoms with Crippen LogP contribution >= 0.6 is 23.1 Å². The molecule has 7 heteroatoms. The average Bonchev–Trinajstić information content (AvgIpc) is 2.82. The summed E-state index contributed by atoms with van der Waals surface area (Å²) in [6.45, 7) is 2.02. The zero-order chi connectivity index (χ0) is 13.8. The second-order valence-electron chi connectivity index (χ2n) is 3.99. The first kappa shape index (κ1) is 13.8. The maximum absolute atomic E-state index is 12.2. The van der Waals surface area contributed by atoms with Crippen LogP contribution in [0, 0.1) is 0 Å². The van der Waals surface area contributed by atoms with Gasteiger partial charge in [-0.1, -0.05) is 29.4 Å². The van der Waals surface area contributed by atoms with Gasteiger partial charge < -0.3 is 11.1 Å². The molecule has 0 bridgehead atoms. The van der Waals surface area contributed by atoms with Crippen LogP contribution in [0.4, 0.5) is 11.4 Å². The number of benzene rings is 1. The summed E-state index contributed by atoms with van der Waals surface area (Å²) in [5, 5.41) is 7.13. The number of nitrogen functional groups attached to an aromatic ring is 1. The van der Waals surface area contributed by atoms with Crippen molar-refractivity contribution in [3.63, 3.8) is 0 Å². The van der Waals surface area contributed by atoms with Crippen molar-refractivity contribution in [1.82, 2.24) is 9.59 Å². The Morgan fingerprint density at radius 1 is 1.53 bits per heavy atom. The van der Waals surface area contributed by atoms with Crippen LogP contribution in [0.25, 0.3) is 0 Å². The molecule has 0 aliphatic rings. The normalized spacial score (nSPS) is 10.4. The Kier molecular flexibility index (Phi) is 4.34. The molecule has 0 spiro atoms. The monoisotopic (exact) mass is 296 g/mol. The van der Waals surface area contributed by atoms with Crippen LogP contribution < -0.4 is 11.1 Å². The van der Waals surface area contributed by atoms with Gasteiger partial charge in [-0.05, 0) is 36.2 Å². The van der Waals surface area contributed by atoms with Crippen LogP contribution in [0.5, 0.6) is 0 Å². The number of carbonyl (C=O) groups is 1. The molecule has 19 heavy (non-hydrogen) atoms. The highest BCUT2D eigenvalue weighted by Crippen LogP contribution is 2.25. The minimum Gasteiger partial charge on any atom is -0.399 e. The summed E-state index contributed by atoms with van der Waals surface area (Å²) in [6, 6.07) is 4.94. The fourth-order valence-corrected chi connectivity index (χ4v) is 2.37. The van der Waals surface area contributed by atoms with E-state index >= 15 is 0 Å². The fourth-order valence-electron chi connectivity index (χ4n) is 1.60. The molecule has 1 aromatic heterocycles. The molecule has 0 unspecified atom stereocenters. The molecule has 3 N–H and O–H groups in total. The predicted molar refractivity (Wildman–Crippen MR) is 77.7 cm³/mol. The number of aryl methyl sites for hydroxylation is 1. The predicted octanol–water partition coefficient (Wildman–Crippen LogP) is 2.98. The fraction of sp³-hybridized carbons (Fsp3) is 0.250. The summed E-state index contributed by atoms with van der Waals surface area (Å²) in [5.41, 5.74) is 7.41. The summed E-state index contributed by atoms with van der Waals surface area (Å²) >= 11 is 7.08. The number of aromatic nitrogens is 2. The van der Waals surface area contributed by atoms with E-state index in [2.05, 4.69) is 14.9 Å². The molecule has 2 aromatic rings. The molecule has 0 atom stereocenters. The Morgan fingerprint density at radius 2 is 2.32 bits per heavy atom. The first-order valence-corrected chi connectivity index (χ1v) is 6.94. The van der Waals surface area contributed by atoms with E-state index in [0.29, 0.717) is 27.0 Å². The van der Waals surface area contributed by atoms with Crippen LogP contribution in [0.1, 0.15) is 28.7 Å². The van der Waals surface area contributed by atoms with Gasteiger partial charge in [-0.3, -0.25) is 4.79 Å². The van der Waals surface area contributed by atoms with Crippen LogP contribution in [0.3, 0.4) is 0 Å². The molecular weight excluding hydrogens is 284 g/mol. The number of hydrogen-bond donors (Lipinski definition) is 2. The smallest absolute Gasteiger partial charge is 0.269 e. The SMILES string of the molecule is CCCc1nnsc1C(=O)Nc1cc(N)ccc1Cl. The highest BCUT2D eigenvalue weighted by Gasteiger charge is 2.16. The number of amides is 1. The molecule has 1 amide bonds. The Balaban J connectivity index is 2.21. The molecule has 2 rings (SSSR count). The summed E-state index contributed by atoms with van der Waals surface area (Å²) in [7, 11) is 0. The van der Waals surface area contributed by atoms with Crippen molar-refractivity contribution < 1.29 is 4.79 Å². The van der Waals surface area contributed by atoms with Crippen LogP contribution in [-0.4, -0.2) is 15.5 Å². The molecule has 0 fully saturated rings. The minimum atomic E-state index is -0.258. The zero-order valence-corrected chi connectivity index (χ0v) is 11.9. The summed E-state index contributed by atoms with van der Waals surface area (Å²) < 4.78 is 3.82. The Bertz CT molecular complexity index is 599. The lowest BCUT2D eigenvalue weighted by molar-refractivity contribution is 0.102. The lowest BCUT2D eigenvalue weighted by Gasteiger charge is -2.07. The third-order valence-electron chi connectivity index (χ3n) is 2.49. The van der Waals surface area contributed by atoms with E-state index in [-0.39, 0.29) is 5.91 Å². The van der Waals surface area contributed by atoms with E-state index < -0.39 is 0 Å². The molecule has 1 heterocycles. The molecule has 1 aromatic carbocycles. The second kappa shape index (κ2) is 5.99. The summed E-state index contributed by atoms with van der Waals surface area (Å²) in [5.74, 6) is -0.258. The van der Waals surface area contributed by atoms with Gasteiger partial charge in [0.1, 0.15) is 4.88 Å². The lowest BCUT2D eigenvalue weighted by Crippen LogP contribution is -2.13. The number of rotatable bonds is 4. The van der Waals surface area contributed by atoms with Crippen molar-refractivity contribution in [2.24, 2.45) is 0 Å². The highest BCUT2D eigenvalue weighted by atomic mass is 35.5. The first-order chi connectivity index (χ1) is 9.11. The molecule has 0 saturated carbocycles. The molecule has 5 nitrogen and oxygen atoms in total. The van der Waals surface area contributed by atoms with Crippen LogP contribution in [0.2, 0.25) is 5.02 Å². The molecular formula is C12H13ClN4OS. The highest BCUT2D eigenvalue weighted by molar-refractivity contribution is 7.08. The quantitative estimate of drug-likeness (QED) is 0.850. The van der Waals surface area contributed by atoms with Crippen LogP contribution in [0.15, 0.2) is 18.2 Å². The van der Waals surface area contributed by atoms with Gasteiger partial charge in [-0.2, -0.15) is 0 Å². The minimum absolute atomic E-state index is 0.258. The van der Waals surface area contributed by atoms with E-state index in [4.69, 9.17) is 17.3 Å². The molecule has 0 radical (unpaired) electrons. The number of carbonyl (C=O) groups excluding carboxylic acids is 1. The van der Waals surface area contributed by atoms with Crippen molar-refractivity contribution in [2.45, 2.75) is 19.8 Å². The standard InChI is InChI=1S/C12H13ClN4OS/c1-2-3-9-11(19-17-16-9)12(18)15-10-6-7(14)4-5-8(10)13/h4-6H,2-3,14H2,1H3,(H,15,18). The number of nitrogens with zero attached hydrogens (tertiary/aromatic N) is 2. The van der Waals surface area contributed by atoms with Gasteiger partial charge >= 0.3 is 0 Å². The van der Waals surface area contributed by atoms with Gasteiger partial charge in [0.2, 0.25) is 0 Å². The Hall–Kier alpha value is -1.66. The van der Waals surface area contributed by atoms with Gasteiger partial charge in [0.05, 0.1) is 16.4 Å². The lowest BCUT2D eigenvalue weighted by atomic mass is 10.2. The number of nitrogens with two attached hydrogens (primary N) is 1. The Morgan fingerprint density at radius 3 is 3.05 bits per heavy atom. The van der Waals surface area contributed by atoms with E-state index in [1.807, 2.05) is 6.92 Å². The van der Waals surface area contributed by atoms with Crippen molar-refractivity contribution >= 4 is 40.4 Å². The van der Waals surface area contributed by atoms with Crippen molar-refractivity contribution in [1.29, 1.82) is 0 Å². The zero-order valence-electron chi connectivity index (χ0n) is 10.3. The number of hydrogen-bond acceptors (Lipinski definition) is 5. The largest absolute Gasteiger partial charge is 0.399 e. The maximum atomic E-state index is 12.2. The van der Waals surface area contributed by atoms with Gasteiger partial charge in [-0.15, -0.1) is 5.10 Å². The maximum Gasteiger partial charge on any atom is 0.269 e. The molecule has 0 aliphatic carbocycles. The molecule has 0 aliphatic heterocycles. The van der Waals surface area contributed by atoms with Crippen LogP contribution in [-0.2, 0) is 6.42 Å². The third-order valence-corrected chi connectivity index (χ3v) is 3.58. The molecule has 100 valence electrons. The van der Waals surface area contributed by atoms with Gasteiger partial charge in [0, 0.05) is 5.69 Å². The van der Waals surface area contributed by atoms with E-state index in [1.165, 1.54) is 0 Å². The van der Waals surface area contributed by atoms with E-state index in [9.17, 15) is 4.79 Å². The van der Waals surface area contributed by atoms with Crippen molar-refractivity contribution in [3.8, 4) is 0 Å². The number of halogens is 1. The number of anilines is 2. The van der Waals surface area contributed by atoms with Gasteiger partial charge in [-0.25, -0.2) is 0 Å². The van der Waals surface area contributed by atoms with E-state index in [1.54, 1.807) is 18.2 Å². The first-order valence-electron chi connectivity index (χ1n) is 5.79. The average molecular weight is 297 g/mol. The van der Waals surface area contributed by atoms with Crippen molar-refractivity contribution in [2.75, 3.05) is 11.1 Å². The molecule has 0 saturated heterocycles. The van der Waals surface area contributed by atoms with Gasteiger partial charge in [0.25, 0.3) is 5.91 Å². The number of nitrogens with one attached hydrogen (secondary N) is 1. The van der Waals surface area contributed by atoms with Gasteiger partial charge in [0.15, 0.2) is 0 Å². The Labute approximate surface area is 119 Å². The van der Waals surface area contributed by atoms with Crippen molar-refractivity contribution in [3.05, 3.63) is 33.8 Å². The van der Waals surface area contributed by atoms with E-state index in [0.717, 1.165) is 24.4 Å². The topological polar surface area (TPSA) is 80.9 Å². The summed E-state index contributed by atoms with van der Waals surface area (Å²) in [6.07, 6.45) is 1.63.